The molecule has 2 unspecified atom stereocenters. The molecule has 0 bridgehead atoms. The molecule has 1 rings (SSSR count). The highest BCUT2D eigenvalue weighted by Crippen LogP contribution is 2.25. The van der Waals surface area contributed by atoms with E-state index in [1.54, 1.807) is 11.8 Å². The van der Waals surface area contributed by atoms with Gasteiger partial charge in [0.25, 0.3) is 0 Å². The fraction of sp³-hybridized carbons (Fsp3) is 0.857. The number of hydrogen-bond donors (Lipinski definition) is 1. The van der Waals surface area contributed by atoms with Crippen LogP contribution in [0.2, 0.25) is 0 Å². The number of nitrogens with zero attached hydrogens (tertiary/aromatic N) is 2. The molecule has 1 heterocycles. The number of likely N-dealkylation sites (tertiary alicyclic amines) is 1. The van der Waals surface area contributed by atoms with Crippen LogP contribution in [0, 0.1) is 5.92 Å². The van der Waals surface area contributed by atoms with Gasteiger partial charge in [0.2, 0.25) is 0 Å². The Labute approximate surface area is 115 Å². The number of hydrogen-bond acceptors (Lipinski definition) is 2. The van der Waals surface area contributed by atoms with E-state index in [2.05, 4.69) is 13.8 Å². The second-order valence-electron chi connectivity index (χ2n) is 5.66. The Bertz CT molecular complexity index is 331. The molecule has 2 amide bonds. The lowest BCUT2D eigenvalue weighted by molar-refractivity contribution is -0.138. The standard InChI is InChI=1S/C14H26N2O3/c1-5-15(11(4)9-13(17)18)14(19)16-8-6-7-12(16)10(2)3/h10-12H,5-9H2,1-4H3,(H,17,18). The SMILES string of the molecule is CCN(C(=O)N1CCCC1C(C)C)C(C)CC(=O)O. The summed E-state index contributed by atoms with van der Waals surface area (Å²) < 4.78 is 0. The summed E-state index contributed by atoms with van der Waals surface area (Å²) in [7, 11) is 0. The number of aliphatic carboxylic acids is 1. The highest BCUT2D eigenvalue weighted by atomic mass is 16.4. The number of urea groups is 1. The number of carbonyl (C=O) groups excluding carboxylic acids is 1. The third kappa shape index (κ3) is 3.85. The molecule has 0 radical (unpaired) electrons. The molecule has 0 aromatic rings. The first-order chi connectivity index (χ1) is 8.88. The van der Waals surface area contributed by atoms with Crippen molar-refractivity contribution in [3.63, 3.8) is 0 Å². The Hall–Kier alpha value is -1.26. The molecule has 19 heavy (non-hydrogen) atoms. The maximum absolute atomic E-state index is 12.6. The van der Waals surface area contributed by atoms with E-state index in [9.17, 15) is 9.59 Å². The molecule has 0 aromatic carbocycles. The van der Waals surface area contributed by atoms with Crippen molar-refractivity contribution in [1.82, 2.24) is 9.80 Å². The second kappa shape index (κ2) is 6.78. The highest BCUT2D eigenvalue weighted by molar-refractivity contribution is 5.76. The van der Waals surface area contributed by atoms with Crippen LogP contribution in [0.3, 0.4) is 0 Å². The van der Waals surface area contributed by atoms with Crippen molar-refractivity contribution < 1.29 is 14.7 Å². The lowest BCUT2D eigenvalue weighted by Crippen LogP contribution is -2.50. The van der Waals surface area contributed by atoms with E-state index in [0.29, 0.717) is 18.5 Å². The van der Waals surface area contributed by atoms with Crippen LogP contribution in [-0.2, 0) is 4.79 Å². The number of amides is 2. The zero-order chi connectivity index (χ0) is 14.6. The van der Waals surface area contributed by atoms with Gasteiger partial charge in [-0.15, -0.1) is 0 Å². The quantitative estimate of drug-likeness (QED) is 0.834. The van der Waals surface area contributed by atoms with Crippen LogP contribution in [-0.4, -0.2) is 52.1 Å². The predicted molar refractivity (Wildman–Crippen MR) is 74.1 cm³/mol. The summed E-state index contributed by atoms with van der Waals surface area (Å²) in [5, 5.41) is 8.86. The zero-order valence-corrected chi connectivity index (χ0v) is 12.4. The van der Waals surface area contributed by atoms with Gasteiger partial charge in [-0.3, -0.25) is 4.79 Å². The molecule has 110 valence electrons. The molecule has 1 fully saturated rings. The number of rotatable bonds is 5. The minimum atomic E-state index is -0.861. The third-order valence-corrected chi connectivity index (χ3v) is 3.90. The van der Waals surface area contributed by atoms with Crippen molar-refractivity contribution in [2.24, 2.45) is 5.92 Å². The lowest BCUT2D eigenvalue weighted by Gasteiger charge is -2.35. The fourth-order valence-electron chi connectivity index (χ4n) is 2.89. The van der Waals surface area contributed by atoms with Gasteiger partial charge < -0.3 is 14.9 Å². The van der Waals surface area contributed by atoms with Crippen molar-refractivity contribution in [3.05, 3.63) is 0 Å². The Kier molecular flexibility index (Phi) is 5.63. The molecule has 1 N–H and O–H groups in total. The average molecular weight is 270 g/mol. The highest BCUT2D eigenvalue weighted by Gasteiger charge is 2.34. The van der Waals surface area contributed by atoms with Gasteiger partial charge in [-0.05, 0) is 32.6 Å². The molecule has 1 aliphatic heterocycles. The molecule has 0 aliphatic carbocycles. The maximum atomic E-state index is 12.6. The number of carboxylic acids is 1. The van der Waals surface area contributed by atoms with Crippen LogP contribution in [0.1, 0.15) is 47.0 Å². The molecule has 0 aromatic heterocycles. The fourth-order valence-corrected chi connectivity index (χ4v) is 2.89. The van der Waals surface area contributed by atoms with Crippen molar-refractivity contribution in [2.75, 3.05) is 13.1 Å². The van der Waals surface area contributed by atoms with Crippen LogP contribution in [0.4, 0.5) is 4.79 Å². The molecular formula is C14H26N2O3. The van der Waals surface area contributed by atoms with Crippen LogP contribution < -0.4 is 0 Å². The van der Waals surface area contributed by atoms with Gasteiger partial charge >= 0.3 is 12.0 Å². The van der Waals surface area contributed by atoms with E-state index in [-0.39, 0.29) is 18.5 Å². The smallest absolute Gasteiger partial charge is 0.320 e. The summed E-state index contributed by atoms with van der Waals surface area (Å²) in [6, 6.07) is 0.0226. The Morgan fingerprint density at radius 2 is 2.00 bits per heavy atom. The molecule has 0 saturated carbocycles. The van der Waals surface area contributed by atoms with E-state index in [4.69, 9.17) is 5.11 Å². The number of carbonyl (C=O) groups is 2. The van der Waals surface area contributed by atoms with Gasteiger partial charge in [0.05, 0.1) is 6.42 Å². The van der Waals surface area contributed by atoms with Gasteiger partial charge in [-0.25, -0.2) is 4.79 Å². The molecule has 1 saturated heterocycles. The zero-order valence-electron chi connectivity index (χ0n) is 12.4. The van der Waals surface area contributed by atoms with E-state index < -0.39 is 5.97 Å². The van der Waals surface area contributed by atoms with Crippen LogP contribution in [0.15, 0.2) is 0 Å². The van der Waals surface area contributed by atoms with E-state index in [0.717, 1.165) is 19.4 Å². The first-order valence-electron chi connectivity index (χ1n) is 7.17. The monoisotopic (exact) mass is 270 g/mol. The van der Waals surface area contributed by atoms with Gasteiger partial charge in [0.1, 0.15) is 0 Å². The largest absolute Gasteiger partial charge is 0.481 e. The van der Waals surface area contributed by atoms with E-state index in [1.807, 2.05) is 11.8 Å². The van der Waals surface area contributed by atoms with E-state index in [1.165, 1.54) is 0 Å². The Morgan fingerprint density at radius 3 is 2.47 bits per heavy atom. The summed E-state index contributed by atoms with van der Waals surface area (Å²) >= 11 is 0. The topological polar surface area (TPSA) is 60.9 Å². The predicted octanol–water partition coefficient (Wildman–Crippen LogP) is 2.41. The van der Waals surface area contributed by atoms with Crippen LogP contribution in [0.5, 0.6) is 0 Å². The lowest BCUT2D eigenvalue weighted by atomic mass is 10.0. The Balaban J connectivity index is 2.75. The van der Waals surface area contributed by atoms with Gasteiger partial charge in [-0.1, -0.05) is 13.8 Å². The first-order valence-corrected chi connectivity index (χ1v) is 7.17. The molecule has 2 atom stereocenters. The normalized spacial score (nSPS) is 20.7. The summed E-state index contributed by atoms with van der Waals surface area (Å²) in [5.41, 5.74) is 0. The van der Waals surface area contributed by atoms with Crippen LogP contribution >= 0.6 is 0 Å². The summed E-state index contributed by atoms with van der Waals surface area (Å²) in [6.07, 6.45) is 2.09. The Morgan fingerprint density at radius 1 is 1.37 bits per heavy atom. The van der Waals surface area contributed by atoms with E-state index >= 15 is 0 Å². The summed E-state index contributed by atoms with van der Waals surface area (Å²) in [4.78, 5) is 27.0. The molecule has 0 spiro atoms. The van der Waals surface area contributed by atoms with Gasteiger partial charge in [0, 0.05) is 25.2 Å². The summed E-state index contributed by atoms with van der Waals surface area (Å²) in [6.45, 7) is 9.31. The second-order valence-corrected chi connectivity index (χ2v) is 5.66. The summed E-state index contributed by atoms with van der Waals surface area (Å²) in [5.74, 6) is -0.416. The minimum Gasteiger partial charge on any atom is -0.481 e. The number of carboxylic acid groups (broad SMARTS) is 1. The minimum absolute atomic E-state index is 0.000233. The van der Waals surface area contributed by atoms with Crippen molar-refractivity contribution in [2.45, 2.75) is 59.0 Å². The maximum Gasteiger partial charge on any atom is 0.320 e. The average Bonchev–Trinajstić information content (AvgIpc) is 2.77. The van der Waals surface area contributed by atoms with Crippen molar-refractivity contribution in [3.8, 4) is 0 Å². The molecular weight excluding hydrogens is 244 g/mol. The third-order valence-electron chi connectivity index (χ3n) is 3.90. The van der Waals surface area contributed by atoms with Gasteiger partial charge in [0.15, 0.2) is 0 Å². The molecule has 1 aliphatic rings. The van der Waals surface area contributed by atoms with Crippen molar-refractivity contribution in [1.29, 1.82) is 0 Å². The van der Waals surface area contributed by atoms with Gasteiger partial charge in [-0.2, -0.15) is 0 Å². The van der Waals surface area contributed by atoms with Crippen molar-refractivity contribution >= 4 is 12.0 Å². The van der Waals surface area contributed by atoms with Crippen LogP contribution in [0.25, 0.3) is 0 Å². The molecule has 5 heteroatoms. The first kappa shape index (κ1) is 15.8. The molecule has 5 nitrogen and oxygen atoms in total.